The summed E-state index contributed by atoms with van der Waals surface area (Å²) in [6, 6.07) is 9.79. The van der Waals surface area contributed by atoms with Crippen molar-refractivity contribution in [3.8, 4) is 0 Å². The topological polar surface area (TPSA) is 135 Å². The first-order valence-electron chi connectivity index (χ1n) is 6.62. The van der Waals surface area contributed by atoms with E-state index in [4.69, 9.17) is 0 Å². The number of fused-ring (bicyclic) bond motifs is 1. The van der Waals surface area contributed by atoms with Crippen LogP contribution in [0.15, 0.2) is 53.6 Å². The number of carbonyl (C=O) groups excluding carboxylic acids is 1. The summed E-state index contributed by atoms with van der Waals surface area (Å²) < 4.78 is 26.6. The molecule has 0 saturated heterocycles. The summed E-state index contributed by atoms with van der Waals surface area (Å²) in [4.78, 5) is 22.0. The smallest absolute Gasteiger partial charge is 0.281 e. The van der Waals surface area contributed by atoms with Crippen molar-refractivity contribution >= 4 is 32.5 Å². The number of hydrogen-bond acceptors (Lipinski definition) is 6. The van der Waals surface area contributed by atoms with Crippen molar-refractivity contribution in [2.45, 2.75) is 4.90 Å². The molecule has 3 aromatic rings. The molecule has 0 spiro atoms. The van der Waals surface area contributed by atoms with Crippen molar-refractivity contribution < 1.29 is 18.1 Å². The number of nitro groups is 1. The second-order valence-electron chi connectivity index (χ2n) is 4.82. The van der Waals surface area contributed by atoms with E-state index in [-0.39, 0.29) is 16.5 Å². The molecular weight excluding hydrogens is 336 g/mol. The summed E-state index contributed by atoms with van der Waals surface area (Å²) in [6.07, 6.45) is 1.30. The number of carbonyl (C=O) groups is 1. The Morgan fingerprint density at radius 2 is 1.92 bits per heavy atom. The largest absolute Gasteiger partial charge is 0.284 e. The first-order chi connectivity index (χ1) is 11.4. The SMILES string of the molecule is O=C(NS(=O)(=O)c1cc([N+](=O)[O-])c2c[nH]nc2c1)c1ccccc1. The highest BCUT2D eigenvalue weighted by Gasteiger charge is 2.24. The summed E-state index contributed by atoms with van der Waals surface area (Å²) in [5, 5.41) is 17.5. The maximum Gasteiger partial charge on any atom is 0.281 e. The first kappa shape index (κ1) is 15.6. The van der Waals surface area contributed by atoms with Gasteiger partial charge in [-0.15, -0.1) is 0 Å². The van der Waals surface area contributed by atoms with Crippen LogP contribution in [0.5, 0.6) is 0 Å². The summed E-state index contributed by atoms with van der Waals surface area (Å²) >= 11 is 0. The maximum atomic E-state index is 12.4. The van der Waals surface area contributed by atoms with E-state index in [2.05, 4.69) is 10.2 Å². The maximum absolute atomic E-state index is 12.4. The van der Waals surface area contributed by atoms with Crippen LogP contribution in [0.2, 0.25) is 0 Å². The minimum absolute atomic E-state index is 0.108. The lowest BCUT2D eigenvalue weighted by Crippen LogP contribution is -2.30. The summed E-state index contributed by atoms with van der Waals surface area (Å²) in [5.74, 6) is -0.833. The Hall–Kier alpha value is -3.27. The number of nitro benzene ring substituents is 1. The Labute approximate surface area is 135 Å². The fourth-order valence-electron chi connectivity index (χ4n) is 2.14. The number of non-ortho nitro benzene ring substituents is 1. The van der Waals surface area contributed by atoms with Crippen LogP contribution in [0.3, 0.4) is 0 Å². The lowest BCUT2D eigenvalue weighted by Gasteiger charge is -2.07. The van der Waals surface area contributed by atoms with Crippen LogP contribution >= 0.6 is 0 Å². The Morgan fingerprint density at radius 1 is 1.21 bits per heavy atom. The zero-order valence-electron chi connectivity index (χ0n) is 12.0. The molecule has 10 heteroatoms. The molecule has 0 aliphatic heterocycles. The van der Waals surface area contributed by atoms with Crippen molar-refractivity contribution in [1.29, 1.82) is 0 Å². The molecule has 0 aliphatic rings. The number of nitrogens with zero attached hydrogens (tertiary/aromatic N) is 2. The van der Waals surface area contributed by atoms with Crippen molar-refractivity contribution in [1.82, 2.24) is 14.9 Å². The van der Waals surface area contributed by atoms with Crippen LogP contribution in [0.25, 0.3) is 10.9 Å². The van der Waals surface area contributed by atoms with Gasteiger partial charge in [-0.2, -0.15) is 5.10 Å². The Balaban J connectivity index is 2.02. The number of amides is 1. The minimum atomic E-state index is -4.29. The second kappa shape index (κ2) is 5.74. The van der Waals surface area contributed by atoms with E-state index in [1.54, 1.807) is 18.2 Å². The van der Waals surface area contributed by atoms with Gasteiger partial charge in [0.25, 0.3) is 21.6 Å². The van der Waals surface area contributed by atoms with Crippen molar-refractivity contribution in [2.75, 3.05) is 0 Å². The summed E-state index contributed by atoms with van der Waals surface area (Å²) in [5.41, 5.74) is -0.165. The molecule has 3 rings (SSSR count). The lowest BCUT2D eigenvalue weighted by molar-refractivity contribution is -0.383. The molecule has 0 unspecified atom stereocenters. The molecule has 0 aliphatic carbocycles. The average Bonchev–Trinajstić information content (AvgIpc) is 3.02. The number of sulfonamides is 1. The molecule has 1 amide bonds. The van der Waals surface area contributed by atoms with Gasteiger partial charge < -0.3 is 0 Å². The summed E-state index contributed by atoms with van der Waals surface area (Å²) in [7, 11) is -4.29. The van der Waals surface area contributed by atoms with Crippen LogP contribution in [-0.2, 0) is 10.0 Å². The number of aromatic nitrogens is 2. The number of aromatic amines is 1. The van der Waals surface area contributed by atoms with E-state index in [0.29, 0.717) is 0 Å². The Bertz CT molecular complexity index is 1040. The predicted molar refractivity (Wildman–Crippen MR) is 83.8 cm³/mol. The second-order valence-corrected chi connectivity index (χ2v) is 6.50. The molecule has 0 fully saturated rings. The third-order valence-corrected chi connectivity index (χ3v) is 4.58. The van der Waals surface area contributed by atoms with Gasteiger partial charge in [-0.3, -0.25) is 20.0 Å². The van der Waals surface area contributed by atoms with Gasteiger partial charge in [0.05, 0.1) is 15.2 Å². The Kier molecular flexibility index (Phi) is 3.73. The number of nitrogens with one attached hydrogen (secondary N) is 2. The van der Waals surface area contributed by atoms with Gasteiger partial charge in [-0.1, -0.05) is 18.2 Å². The standard InChI is InChI=1S/C14H10N4O5S/c19-14(9-4-2-1-3-5-9)17-24(22,23)10-6-12-11(8-15-16-12)13(7-10)18(20)21/h1-8H,(H,15,16)(H,17,19). The van der Waals surface area contributed by atoms with Crippen LogP contribution in [0.4, 0.5) is 5.69 Å². The highest BCUT2D eigenvalue weighted by atomic mass is 32.2. The fraction of sp³-hybridized carbons (Fsp3) is 0. The van der Waals surface area contributed by atoms with Gasteiger partial charge in [-0.05, 0) is 18.2 Å². The third-order valence-electron chi connectivity index (χ3n) is 3.27. The molecular formula is C14H10N4O5S. The molecule has 9 nitrogen and oxygen atoms in total. The van der Waals surface area contributed by atoms with Crippen LogP contribution in [-0.4, -0.2) is 29.4 Å². The molecule has 2 aromatic carbocycles. The summed E-state index contributed by atoms with van der Waals surface area (Å²) in [6.45, 7) is 0. The number of H-pyrrole nitrogens is 1. The van der Waals surface area contributed by atoms with Gasteiger partial charge in [0, 0.05) is 17.8 Å². The van der Waals surface area contributed by atoms with E-state index in [0.717, 1.165) is 12.1 Å². The monoisotopic (exact) mass is 346 g/mol. The minimum Gasteiger partial charge on any atom is -0.284 e. The van der Waals surface area contributed by atoms with Gasteiger partial charge in [-0.25, -0.2) is 13.1 Å². The third kappa shape index (κ3) is 2.82. The lowest BCUT2D eigenvalue weighted by atomic mass is 10.2. The highest BCUT2D eigenvalue weighted by molar-refractivity contribution is 7.90. The molecule has 2 N–H and O–H groups in total. The van der Waals surface area contributed by atoms with Gasteiger partial charge in [0.2, 0.25) is 0 Å². The molecule has 1 aromatic heterocycles. The molecule has 0 saturated carbocycles. The zero-order chi connectivity index (χ0) is 17.3. The van der Waals surface area contributed by atoms with Crippen molar-refractivity contribution in [3.63, 3.8) is 0 Å². The number of rotatable bonds is 4. The van der Waals surface area contributed by atoms with Gasteiger partial charge in [0.1, 0.15) is 5.52 Å². The zero-order valence-corrected chi connectivity index (χ0v) is 12.8. The van der Waals surface area contributed by atoms with E-state index in [1.807, 2.05) is 4.72 Å². The first-order valence-corrected chi connectivity index (χ1v) is 8.11. The van der Waals surface area contributed by atoms with E-state index < -0.39 is 31.4 Å². The van der Waals surface area contributed by atoms with Crippen LogP contribution in [0, 0.1) is 10.1 Å². The predicted octanol–water partition coefficient (Wildman–Crippen LogP) is 1.59. The molecule has 0 bridgehead atoms. The molecule has 1 heterocycles. The molecule has 0 radical (unpaired) electrons. The van der Waals surface area contributed by atoms with Gasteiger partial charge in [0.15, 0.2) is 0 Å². The highest BCUT2D eigenvalue weighted by Crippen LogP contribution is 2.27. The quantitative estimate of drug-likeness (QED) is 0.544. The van der Waals surface area contributed by atoms with Crippen molar-refractivity contribution in [3.05, 3.63) is 64.3 Å². The van der Waals surface area contributed by atoms with Crippen LogP contribution < -0.4 is 4.72 Å². The number of hydrogen-bond donors (Lipinski definition) is 2. The molecule has 24 heavy (non-hydrogen) atoms. The van der Waals surface area contributed by atoms with Crippen LogP contribution in [0.1, 0.15) is 10.4 Å². The normalized spacial score (nSPS) is 11.3. The molecule has 122 valence electrons. The van der Waals surface area contributed by atoms with Crippen molar-refractivity contribution in [2.24, 2.45) is 0 Å². The fourth-order valence-corrected chi connectivity index (χ4v) is 3.15. The average molecular weight is 346 g/mol. The van der Waals surface area contributed by atoms with Gasteiger partial charge >= 0.3 is 0 Å². The Morgan fingerprint density at radius 3 is 2.58 bits per heavy atom. The number of benzene rings is 2. The molecule has 0 atom stereocenters. The van der Waals surface area contributed by atoms with E-state index >= 15 is 0 Å². The van der Waals surface area contributed by atoms with E-state index in [9.17, 15) is 23.3 Å². The van der Waals surface area contributed by atoms with E-state index in [1.165, 1.54) is 18.3 Å².